The first-order valence-electron chi connectivity index (χ1n) is 6.19. The number of nitrogen functional groups attached to an aromatic ring is 1. The third-order valence-electron chi connectivity index (χ3n) is 2.99. The number of aromatic nitrogens is 1. The second kappa shape index (κ2) is 5.67. The lowest BCUT2D eigenvalue weighted by molar-refractivity contribution is -0.137. The molecule has 0 saturated carbocycles. The van der Waals surface area contributed by atoms with E-state index in [2.05, 4.69) is 18.8 Å². The first kappa shape index (κ1) is 15.6. The summed E-state index contributed by atoms with van der Waals surface area (Å²) in [5, 5.41) is 0. The molecule has 0 fully saturated rings. The molecule has 1 unspecified atom stereocenters. The van der Waals surface area contributed by atoms with Crippen LogP contribution in [0.4, 0.5) is 24.8 Å². The minimum absolute atomic E-state index is 0.0929. The highest BCUT2D eigenvalue weighted by Crippen LogP contribution is 2.32. The fraction of sp³-hybridized carbons (Fsp3) is 0.615. The van der Waals surface area contributed by atoms with E-state index >= 15 is 0 Å². The van der Waals surface area contributed by atoms with Crippen molar-refractivity contribution >= 4 is 11.6 Å². The number of alkyl halides is 3. The van der Waals surface area contributed by atoms with Crippen LogP contribution in [0, 0.1) is 5.92 Å². The first-order valence-corrected chi connectivity index (χ1v) is 6.19. The Morgan fingerprint density at radius 3 is 2.32 bits per heavy atom. The van der Waals surface area contributed by atoms with Crippen molar-refractivity contribution < 1.29 is 13.2 Å². The van der Waals surface area contributed by atoms with E-state index in [1.165, 1.54) is 0 Å². The van der Waals surface area contributed by atoms with Crippen molar-refractivity contribution in [1.29, 1.82) is 0 Å². The summed E-state index contributed by atoms with van der Waals surface area (Å²) in [6.45, 7) is 6.09. The molecular formula is C13H20F3N3. The molecule has 108 valence electrons. The van der Waals surface area contributed by atoms with Gasteiger partial charge in [0.05, 0.1) is 5.56 Å². The zero-order valence-corrected chi connectivity index (χ0v) is 11.6. The SMILES string of the molecule is CC(C)CC(C)N(C)c1cc(C(F)(F)F)cc(N)n1. The summed E-state index contributed by atoms with van der Waals surface area (Å²) in [5.41, 5.74) is 4.69. The molecule has 0 aromatic carbocycles. The second-order valence-corrected chi connectivity index (χ2v) is 5.23. The van der Waals surface area contributed by atoms with E-state index in [-0.39, 0.29) is 17.7 Å². The Hall–Kier alpha value is -1.46. The lowest BCUT2D eigenvalue weighted by Gasteiger charge is -2.28. The first-order chi connectivity index (χ1) is 8.61. The number of nitrogens with two attached hydrogens (primary N) is 1. The summed E-state index contributed by atoms with van der Waals surface area (Å²) in [4.78, 5) is 5.71. The molecule has 19 heavy (non-hydrogen) atoms. The molecule has 0 aliphatic heterocycles. The average molecular weight is 275 g/mol. The van der Waals surface area contributed by atoms with Gasteiger partial charge in [-0.15, -0.1) is 0 Å². The van der Waals surface area contributed by atoms with Gasteiger partial charge < -0.3 is 10.6 Å². The molecule has 3 nitrogen and oxygen atoms in total. The van der Waals surface area contributed by atoms with Crippen molar-refractivity contribution in [2.45, 2.75) is 39.4 Å². The zero-order chi connectivity index (χ0) is 14.8. The molecule has 0 saturated heterocycles. The normalized spacial score (nSPS) is 13.7. The van der Waals surface area contributed by atoms with Crippen LogP contribution in [0.25, 0.3) is 0 Å². The highest BCUT2D eigenvalue weighted by atomic mass is 19.4. The molecule has 0 radical (unpaired) electrons. The average Bonchev–Trinajstić information content (AvgIpc) is 2.25. The molecule has 0 aliphatic rings. The molecule has 1 aromatic rings. The molecule has 1 rings (SSSR count). The van der Waals surface area contributed by atoms with Gasteiger partial charge in [-0.25, -0.2) is 4.98 Å². The molecule has 6 heteroatoms. The Labute approximate surface area is 111 Å². The van der Waals surface area contributed by atoms with Gasteiger partial charge in [0.2, 0.25) is 0 Å². The third-order valence-corrected chi connectivity index (χ3v) is 2.99. The predicted octanol–water partition coefficient (Wildman–Crippen LogP) is 3.55. The molecule has 0 amide bonds. The fourth-order valence-electron chi connectivity index (χ4n) is 1.95. The van der Waals surface area contributed by atoms with Crippen molar-refractivity contribution in [3.05, 3.63) is 17.7 Å². The molecule has 1 heterocycles. The molecule has 0 bridgehead atoms. The van der Waals surface area contributed by atoms with E-state index in [1.807, 2.05) is 6.92 Å². The highest BCUT2D eigenvalue weighted by molar-refractivity contribution is 5.49. The van der Waals surface area contributed by atoms with Crippen molar-refractivity contribution in [3.63, 3.8) is 0 Å². The quantitative estimate of drug-likeness (QED) is 0.913. The maximum Gasteiger partial charge on any atom is 0.416 e. The van der Waals surface area contributed by atoms with Crippen molar-refractivity contribution in [2.75, 3.05) is 17.7 Å². The minimum atomic E-state index is -4.41. The van der Waals surface area contributed by atoms with E-state index < -0.39 is 11.7 Å². The zero-order valence-electron chi connectivity index (χ0n) is 11.6. The van der Waals surface area contributed by atoms with Crippen LogP contribution >= 0.6 is 0 Å². The summed E-state index contributed by atoms with van der Waals surface area (Å²) in [5.74, 6) is 0.592. The summed E-state index contributed by atoms with van der Waals surface area (Å²) < 4.78 is 38.2. The van der Waals surface area contributed by atoms with Crippen LogP contribution in [0.1, 0.15) is 32.8 Å². The molecular weight excluding hydrogens is 255 g/mol. The van der Waals surface area contributed by atoms with Crippen LogP contribution in [0.5, 0.6) is 0 Å². The number of rotatable bonds is 4. The Morgan fingerprint density at radius 1 is 1.26 bits per heavy atom. The van der Waals surface area contributed by atoms with E-state index in [1.54, 1.807) is 11.9 Å². The highest BCUT2D eigenvalue weighted by Gasteiger charge is 2.32. The lowest BCUT2D eigenvalue weighted by Crippen LogP contribution is -2.31. The fourth-order valence-corrected chi connectivity index (χ4v) is 1.95. The van der Waals surface area contributed by atoms with Crippen LogP contribution in [-0.2, 0) is 6.18 Å². The smallest absolute Gasteiger partial charge is 0.384 e. The van der Waals surface area contributed by atoms with Gasteiger partial charge in [-0.3, -0.25) is 0 Å². The van der Waals surface area contributed by atoms with Gasteiger partial charge in [0.1, 0.15) is 11.6 Å². The van der Waals surface area contributed by atoms with Crippen LogP contribution < -0.4 is 10.6 Å². The largest absolute Gasteiger partial charge is 0.416 e. The Morgan fingerprint density at radius 2 is 1.84 bits per heavy atom. The summed E-state index contributed by atoms with van der Waals surface area (Å²) in [7, 11) is 1.73. The van der Waals surface area contributed by atoms with Crippen LogP contribution in [0.3, 0.4) is 0 Å². The number of halogens is 3. The minimum Gasteiger partial charge on any atom is -0.384 e. The van der Waals surface area contributed by atoms with E-state index in [9.17, 15) is 13.2 Å². The van der Waals surface area contributed by atoms with E-state index in [4.69, 9.17) is 5.73 Å². The maximum absolute atomic E-state index is 12.7. The molecule has 1 aromatic heterocycles. The van der Waals surface area contributed by atoms with Crippen LogP contribution in [0.2, 0.25) is 0 Å². The standard InChI is InChI=1S/C13H20F3N3/c1-8(2)5-9(3)19(4)12-7-10(13(14,15)16)6-11(17)18-12/h6-9H,5H2,1-4H3,(H2,17,18). The molecule has 0 spiro atoms. The lowest BCUT2D eigenvalue weighted by atomic mass is 10.0. The Kier molecular flexibility index (Phi) is 4.66. The van der Waals surface area contributed by atoms with E-state index in [0.29, 0.717) is 5.92 Å². The number of hydrogen-bond donors (Lipinski definition) is 1. The van der Waals surface area contributed by atoms with Gasteiger partial charge in [0, 0.05) is 13.1 Å². The summed E-state index contributed by atoms with van der Waals surface area (Å²) >= 11 is 0. The third kappa shape index (κ3) is 4.29. The number of nitrogens with zero attached hydrogens (tertiary/aromatic N) is 2. The molecule has 0 aliphatic carbocycles. The van der Waals surface area contributed by atoms with E-state index in [0.717, 1.165) is 18.6 Å². The van der Waals surface area contributed by atoms with Crippen LogP contribution in [0.15, 0.2) is 12.1 Å². The van der Waals surface area contributed by atoms with Gasteiger partial charge in [-0.1, -0.05) is 13.8 Å². The van der Waals surface area contributed by atoms with Gasteiger partial charge in [0.15, 0.2) is 0 Å². The predicted molar refractivity (Wildman–Crippen MR) is 71.0 cm³/mol. The molecule has 2 N–H and O–H groups in total. The van der Waals surface area contributed by atoms with Gasteiger partial charge in [-0.2, -0.15) is 13.2 Å². The topological polar surface area (TPSA) is 42.1 Å². The second-order valence-electron chi connectivity index (χ2n) is 5.23. The molecule has 1 atom stereocenters. The van der Waals surface area contributed by atoms with Gasteiger partial charge >= 0.3 is 6.18 Å². The summed E-state index contributed by atoms with van der Waals surface area (Å²) in [6.07, 6.45) is -3.54. The van der Waals surface area contributed by atoms with Crippen molar-refractivity contribution in [2.24, 2.45) is 5.92 Å². The maximum atomic E-state index is 12.7. The number of pyridine rings is 1. The Balaban J connectivity index is 3.03. The van der Waals surface area contributed by atoms with Crippen molar-refractivity contribution in [1.82, 2.24) is 4.98 Å². The van der Waals surface area contributed by atoms with Gasteiger partial charge in [-0.05, 0) is 31.4 Å². The summed E-state index contributed by atoms with van der Waals surface area (Å²) in [6, 6.07) is 1.98. The van der Waals surface area contributed by atoms with Crippen molar-refractivity contribution in [3.8, 4) is 0 Å². The number of anilines is 2. The monoisotopic (exact) mass is 275 g/mol. The van der Waals surface area contributed by atoms with Crippen LogP contribution in [-0.4, -0.2) is 18.1 Å². The Bertz CT molecular complexity index is 430. The van der Waals surface area contributed by atoms with Gasteiger partial charge in [0.25, 0.3) is 0 Å². The number of hydrogen-bond acceptors (Lipinski definition) is 3.